The van der Waals surface area contributed by atoms with Crippen molar-refractivity contribution >= 4 is 24.7 Å². The molecule has 3 aromatic rings. The average molecular weight is 338 g/mol. The van der Waals surface area contributed by atoms with Gasteiger partial charge < -0.3 is 4.74 Å². The molecule has 0 amide bonds. The summed E-state index contributed by atoms with van der Waals surface area (Å²) in [5.41, 5.74) is 7.61. The molecule has 1 atom stereocenters. The van der Waals surface area contributed by atoms with E-state index in [2.05, 4.69) is 90.2 Å². The van der Waals surface area contributed by atoms with E-state index >= 15 is 0 Å². The molecule has 26 heavy (non-hydrogen) atoms. The van der Waals surface area contributed by atoms with Gasteiger partial charge in [-0.3, -0.25) is 0 Å². The SMILES string of the molecule is BC1(C)C=Cc2c(c3c(c4ccccc24)-c2ccc(C)cc2C3(C)C)O1. The van der Waals surface area contributed by atoms with Crippen molar-refractivity contribution in [1.82, 2.24) is 0 Å². The molecular weight excluding hydrogens is 315 g/mol. The molecule has 0 spiro atoms. The minimum Gasteiger partial charge on any atom is -0.492 e. The predicted octanol–water partition coefficient (Wildman–Crippen LogP) is 5.21. The minimum absolute atomic E-state index is 0.0773. The zero-order valence-electron chi connectivity index (χ0n) is 16.1. The number of fused-ring (bicyclic) bond motifs is 8. The number of hydrogen-bond donors (Lipinski definition) is 0. The van der Waals surface area contributed by atoms with E-state index in [1.165, 1.54) is 44.2 Å². The highest BCUT2D eigenvalue weighted by Gasteiger charge is 2.42. The summed E-state index contributed by atoms with van der Waals surface area (Å²) in [6.45, 7) is 8.98. The Balaban J connectivity index is 2.00. The van der Waals surface area contributed by atoms with Gasteiger partial charge in [-0.15, -0.1) is 0 Å². The Hall–Kier alpha value is -2.48. The molecule has 0 fully saturated rings. The van der Waals surface area contributed by atoms with Gasteiger partial charge in [0.2, 0.25) is 0 Å². The fourth-order valence-electron chi connectivity index (χ4n) is 4.70. The van der Waals surface area contributed by atoms with Crippen molar-refractivity contribution in [3.05, 3.63) is 70.8 Å². The summed E-state index contributed by atoms with van der Waals surface area (Å²) in [4.78, 5) is 0. The average Bonchev–Trinajstić information content (AvgIpc) is 2.82. The van der Waals surface area contributed by atoms with Crippen molar-refractivity contribution in [3.8, 4) is 16.9 Å². The molecular formula is C24H23BO. The molecule has 0 N–H and O–H groups in total. The van der Waals surface area contributed by atoms with Gasteiger partial charge in [-0.25, -0.2) is 0 Å². The van der Waals surface area contributed by atoms with Gasteiger partial charge in [-0.1, -0.05) is 68.0 Å². The Morgan fingerprint density at radius 3 is 2.46 bits per heavy atom. The lowest BCUT2D eigenvalue weighted by atomic mass is 9.77. The molecule has 0 radical (unpaired) electrons. The fourth-order valence-corrected chi connectivity index (χ4v) is 4.70. The standard InChI is InChI=1S/C24H23BO/c1-14-9-10-18-19(13-14)23(2,3)21-20(18)16-8-6-5-7-15(16)17-11-12-24(4,25)26-22(17)21/h5-13H,25H2,1-4H3. The summed E-state index contributed by atoms with van der Waals surface area (Å²) in [6, 6.07) is 15.6. The number of hydrogen-bond acceptors (Lipinski definition) is 1. The number of rotatable bonds is 0. The van der Waals surface area contributed by atoms with E-state index in [4.69, 9.17) is 4.74 Å². The van der Waals surface area contributed by atoms with Gasteiger partial charge >= 0.3 is 0 Å². The molecule has 0 saturated carbocycles. The Morgan fingerprint density at radius 1 is 0.962 bits per heavy atom. The summed E-state index contributed by atoms with van der Waals surface area (Å²) < 4.78 is 6.58. The lowest BCUT2D eigenvalue weighted by molar-refractivity contribution is 0.220. The van der Waals surface area contributed by atoms with E-state index in [9.17, 15) is 0 Å². The smallest absolute Gasteiger partial charge is 0.163 e. The van der Waals surface area contributed by atoms with E-state index in [-0.39, 0.29) is 10.9 Å². The molecule has 0 aromatic heterocycles. The molecule has 3 aromatic carbocycles. The van der Waals surface area contributed by atoms with Crippen molar-refractivity contribution in [2.24, 2.45) is 0 Å². The van der Waals surface area contributed by atoms with E-state index in [0.29, 0.717) is 0 Å². The van der Waals surface area contributed by atoms with Crippen LogP contribution in [-0.4, -0.2) is 13.3 Å². The van der Waals surface area contributed by atoms with Crippen LogP contribution in [0, 0.1) is 6.92 Å². The van der Waals surface area contributed by atoms with Crippen molar-refractivity contribution < 1.29 is 4.74 Å². The molecule has 0 saturated heterocycles. The Kier molecular flexibility index (Phi) is 2.92. The van der Waals surface area contributed by atoms with Gasteiger partial charge in [-0.2, -0.15) is 0 Å². The summed E-state index contributed by atoms with van der Waals surface area (Å²) in [5, 5.41) is 2.60. The second-order valence-corrected chi connectivity index (χ2v) is 8.75. The minimum atomic E-state index is -0.288. The summed E-state index contributed by atoms with van der Waals surface area (Å²) in [7, 11) is 2.13. The van der Waals surface area contributed by atoms with Crippen LogP contribution in [0.25, 0.3) is 28.0 Å². The Morgan fingerprint density at radius 2 is 1.69 bits per heavy atom. The number of benzene rings is 3. The third-order valence-corrected chi connectivity index (χ3v) is 5.97. The molecule has 2 heteroatoms. The summed E-state index contributed by atoms with van der Waals surface area (Å²) in [5.74, 6) is 1.06. The van der Waals surface area contributed by atoms with E-state index in [1.807, 2.05) is 0 Å². The van der Waals surface area contributed by atoms with Crippen molar-refractivity contribution in [3.63, 3.8) is 0 Å². The molecule has 1 heterocycles. The molecule has 1 aliphatic carbocycles. The highest BCUT2D eigenvalue weighted by Crippen LogP contribution is 2.57. The van der Waals surface area contributed by atoms with Gasteiger partial charge in [-0.05, 0) is 47.4 Å². The van der Waals surface area contributed by atoms with Gasteiger partial charge in [0.05, 0.1) is 5.50 Å². The summed E-state index contributed by atoms with van der Waals surface area (Å²) >= 11 is 0. The van der Waals surface area contributed by atoms with E-state index in [0.717, 1.165) is 5.75 Å². The highest BCUT2D eigenvalue weighted by molar-refractivity contribution is 6.17. The summed E-state index contributed by atoms with van der Waals surface area (Å²) in [6.07, 6.45) is 4.43. The van der Waals surface area contributed by atoms with Crippen LogP contribution >= 0.6 is 0 Å². The first-order valence-electron chi connectivity index (χ1n) is 9.38. The van der Waals surface area contributed by atoms with Crippen LogP contribution in [0.1, 0.15) is 43.0 Å². The van der Waals surface area contributed by atoms with Crippen molar-refractivity contribution in [2.75, 3.05) is 0 Å². The van der Waals surface area contributed by atoms with Gasteiger partial charge in [0, 0.05) is 16.5 Å². The zero-order valence-corrected chi connectivity index (χ0v) is 16.1. The van der Waals surface area contributed by atoms with Gasteiger partial charge in [0.15, 0.2) is 7.85 Å². The first-order valence-corrected chi connectivity index (χ1v) is 9.38. The first kappa shape index (κ1) is 15.8. The van der Waals surface area contributed by atoms with Crippen molar-refractivity contribution in [2.45, 2.75) is 38.6 Å². The lowest BCUT2D eigenvalue weighted by Crippen LogP contribution is -2.33. The molecule has 0 bridgehead atoms. The van der Waals surface area contributed by atoms with Crippen LogP contribution in [0.5, 0.6) is 5.75 Å². The van der Waals surface area contributed by atoms with E-state index < -0.39 is 0 Å². The molecule has 2 aliphatic rings. The number of ether oxygens (including phenoxy) is 1. The van der Waals surface area contributed by atoms with Gasteiger partial charge in [0.25, 0.3) is 0 Å². The third-order valence-electron chi connectivity index (χ3n) is 5.97. The predicted molar refractivity (Wildman–Crippen MR) is 113 cm³/mol. The van der Waals surface area contributed by atoms with E-state index in [1.54, 1.807) is 0 Å². The lowest BCUT2D eigenvalue weighted by Gasteiger charge is -2.34. The maximum Gasteiger partial charge on any atom is 0.163 e. The maximum absolute atomic E-state index is 6.58. The quantitative estimate of drug-likeness (QED) is 0.511. The van der Waals surface area contributed by atoms with Crippen LogP contribution in [0.4, 0.5) is 0 Å². The largest absolute Gasteiger partial charge is 0.492 e. The Bertz CT molecular complexity index is 1120. The van der Waals surface area contributed by atoms with Crippen LogP contribution in [-0.2, 0) is 5.41 Å². The van der Waals surface area contributed by atoms with Gasteiger partial charge in [0.1, 0.15) is 5.75 Å². The second-order valence-electron chi connectivity index (χ2n) is 8.75. The highest BCUT2D eigenvalue weighted by atomic mass is 16.5. The normalized spacial score (nSPS) is 21.8. The second kappa shape index (κ2) is 4.82. The van der Waals surface area contributed by atoms with Crippen LogP contribution < -0.4 is 4.74 Å². The molecule has 1 nitrogen and oxygen atoms in total. The zero-order chi connectivity index (χ0) is 18.3. The molecule has 1 aliphatic heterocycles. The topological polar surface area (TPSA) is 9.23 Å². The van der Waals surface area contributed by atoms with Crippen LogP contribution in [0.3, 0.4) is 0 Å². The Labute approximate surface area is 156 Å². The maximum atomic E-state index is 6.58. The van der Waals surface area contributed by atoms with Crippen LogP contribution in [0.15, 0.2) is 48.5 Å². The molecule has 5 rings (SSSR count). The van der Waals surface area contributed by atoms with Crippen LogP contribution in [0.2, 0.25) is 0 Å². The fraction of sp³-hybridized carbons (Fsp3) is 0.250. The van der Waals surface area contributed by atoms with Crippen molar-refractivity contribution in [1.29, 1.82) is 0 Å². The third kappa shape index (κ3) is 1.93. The monoisotopic (exact) mass is 338 g/mol. The molecule has 1 unspecified atom stereocenters. The number of aryl methyl sites for hydroxylation is 1. The molecule has 128 valence electrons. The first-order chi connectivity index (χ1) is 12.3.